The molecule has 1 amide bonds. The van der Waals surface area contributed by atoms with E-state index in [2.05, 4.69) is 17.6 Å². The molecule has 1 aliphatic heterocycles. The minimum absolute atomic E-state index is 0.00354. The van der Waals surface area contributed by atoms with Gasteiger partial charge in [-0.25, -0.2) is 13.2 Å². The van der Waals surface area contributed by atoms with Crippen molar-refractivity contribution in [2.75, 3.05) is 25.2 Å². The molecule has 2 aromatic rings. The lowest BCUT2D eigenvalue weighted by Gasteiger charge is -2.36. The summed E-state index contributed by atoms with van der Waals surface area (Å²) in [4.78, 5) is 21.4. The molecule has 3 rings (SSSR count). The van der Waals surface area contributed by atoms with E-state index in [1.807, 2.05) is 37.3 Å². The van der Waals surface area contributed by atoms with Gasteiger partial charge in [0.15, 0.2) is 9.84 Å². The molecule has 2 aromatic carbocycles. The number of carboxylic acid groups (broad SMARTS) is 1. The van der Waals surface area contributed by atoms with E-state index in [0.717, 1.165) is 24.8 Å². The maximum atomic E-state index is 13.9. The van der Waals surface area contributed by atoms with Gasteiger partial charge in [-0.05, 0) is 48.1 Å². The van der Waals surface area contributed by atoms with Gasteiger partial charge in [-0.15, -0.1) is 0 Å². The minimum atomic E-state index is -5.08. The molecule has 252 valence electrons. The zero-order chi connectivity index (χ0) is 34.1. The maximum absolute atomic E-state index is 13.9. The van der Waals surface area contributed by atoms with Crippen molar-refractivity contribution >= 4 is 31.8 Å². The van der Waals surface area contributed by atoms with E-state index < -0.39 is 49.3 Å². The number of halogens is 3. The van der Waals surface area contributed by atoms with Gasteiger partial charge in [0.1, 0.15) is 5.75 Å². The average Bonchev–Trinajstić information content (AvgIpc) is 3.05. The number of carbonyl (C=O) groups is 2. The number of alkyl halides is 3. The first kappa shape index (κ1) is 38.0. The summed E-state index contributed by atoms with van der Waals surface area (Å²) >= 11 is 0. The van der Waals surface area contributed by atoms with Crippen molar-refractivity contribution in [2.24, 2.45) is 0 Å². The Morgan fingerprint density at radius 3 is 2.29 bits per heavy atom. The molecule has 0 aliphatic carbocycles. The summed E-state index contributed by atoms with van der Waals surface area (Å²) in [6.45, 7) is 3.89. The van der Waals surface area contributed by atoms with Crippen LogP contribution in [0.3, 0.4) is 0 Å². The number of ether oxygens (including phenoxy) is 1. The minimum Gasteiger partial charge on any atom is -0.496 e. The third kappa shape index (κ3) is 11.3. The average molecular weight is 681 g/mol. The van der Waals surface area contributed by atoms with Crippen LogP contribution in [-0.2, 0) is 36.0 Å². The summed E-state index contributed by atoms with van der Waals surface area (Å²) in [7, 11) is -6.37. The van der Waals surface area contributed by atoms with Gasteiger partial charge in [0.25, 0.3) is 10.1 Å². The number of aryl methyl sites for hydroxylation is 1. The number of nitrogens with one attached hydrogen (secondary N) is 2. The Hall–Kier alpha value is -3.21. The Morgan fingerprint density at radius 2 is 1.78 bits per heavy atom. The molecule has 1 heterocycles. The van der Waals surface area contributed by atoms with Crippen molar-refractivity contribution in [1.29, 1.82) is 0 Å². The number of rotatable bonds is 12. The van der Waals surface area contributed by atoms with E-state index in [4.69, 9.17) is 19.2 Å². The molecule has 1 aliphatic rings. The molecule has 0 unspecified atom stereocenters. The van der Waals surface area contributed by atoms with E-state index in [1.165, 1.54) is 7.11 Å². The van der Waals surface area contributed by atoms with Crippen LogP contribution in [0.25, 0.3) is 0 Å². The fraction of sp³-hybridized carbons (Fsp3) is 0.517. The SMILES string of the molecule is CCCC[C@]1(CC)CS(=O)(=O)c2cc(CCC(=O)NCCS(=O)(=O)O)c(OC)cc2[C@@H](c2ccccc2)N1.O=C(O)C(F)(F)F. The maximum Gasteiger partial charge on any atom is 0.490 e. The molecule has 4 N–H and O–H groups in total. The predicted octanol–water partition coefficient (Wildman–Crippen LogP) is 4.07. The second-order valence-corrected chi connectivity index (χ2v) is 14.2. The van der Waals surface area contributed by atoms with Crippen LogP contribution in [0.15, 0.2) is 47.4 Å². The van der Waals surface area contributed by atoms with E-state index >= 15 is 0 Å². The number of benzene rings is 2. The highest BCUT2D eigenvalue weighted by Gasteiger charge is 2.42. The van der Waals surface area contributed by atoms with Crippen LogP contribution in [0.4, 0.5) is 13.2 Å². The smallest absolute Gasteiger partial charge is 0.490 e. The number of hydrogen-bond donors (Lipinski definition) is 4. The summed E-state index contributed by atoms with van der Waals surface area (Å²) in [5.41, 5.74) is 1.54. The molecule has 0 spiro atoms. The van der Waals surface area contributed by atoms with Crippen LogP contribution in [0.1, 0.15) is 68.7 Å². The number of aliphatic carboxylic acids is 1. The summed E-state index contributed by atoms with van der Waals surface area (Å²) in [6, 6.07) is 12.8. The molecule has 0 fully saturated rings. The molecule has 45 heavy (non-hydrogen) atoms. The molecule has 0 aromatic heterocycles. The normalized spacial score (nSPS) is 19.3. The highest BCUT2D eigenvalue weighted by molar-refractivity contribution is 7.91. The van der Waals surface area contributed by atoms with Crippen molar-refractivity contribution in [3.05, 3.63) is 59.2 Å². The first-order chi connectivity index (χ1) is 20.9. The molecule has 16 heteroatoms. The summed E-state index contributed by atoms with van der Waals surface area (Å²) < 4.78 is 95.8. The van der Waals surface area contributed by atoms with Crippen LogP contribution in [0.2, 0.25) is 0 Å². The number of carbonyl (C=O) groups excluding carboxylic acids is 1. The number of methoxy groups -OCH3 is 1. The third-order valence-corrected chi connectivity index (χ3v) is 10.0. The van der Waals surface area contributed by atoms with Gasteiger partial charge in [-0.2, -0.15) is 21.6 Å². The lowest BCUT2D eigenvalue weighted by Crippen LogP contribution is -2.50. The molecule has 0 saturated carbocycles. The fourth-order valence-electron chi connectivity index (χ4n) is 4.97. The topological polar surface area (TPSA) is 176 Å². The third-order valence-electron chi connectivity index (χ3n) is 7.34. The number of carboxylic acids is 1. The van der Waals surface area contributed by atoms with Crippen molar-refractivity contribution < 1.29 is 54.0 Å². The van der Waals surface area contributed by atoms with Gasteiger partial charge in [0.2, 0.25) is 5.91 Å². The zero-order valence-electron chi connectivity index (χ0n) is 25.2. The van der Waals surface area contributed by atoms with E-state index in [1.54, 1.807) is 12.1 Å². The Balaban J connectivity index is 0.000000900. The lowest BCUT2D eigenvalue weighted by atomic mass is 9.87. The van der Waals surface area contributed by atoms with E-state index in [9.17, 15) is 34.8 Å². The zero-order valence-corrected chi connectivity index (χ0v) is 26.8. The van der Waals surface area contributed by atoms with Gasteiger partial charge < -0.3 is 15.2 Å². The molecule has 0 radical (unpaired) electrons. The summed E-state index contributed by atoms with van der Waals surface area (Å²) in [5.74, 6) is -3.31. The Kier molecular flexibility index (Phi) is 13.4. The monoisotopic (exact) mass is 680 g/mol. The van der Waals surface area contributed by atoms with Gasteiger partial charge in [0, 0.05) is 18.5 Å². The first-order valence-electron chi connectivity index (χ1n) is 14.2. The van der Waals surface area contributed by atoms with Gasteiger partial charge in [0.05, 0.1) is 29.6 Å². The molecule has 0 saturated heterocycles. The first-order valence-corrected chi connectivity index (χ1v) is 17.4. The standard InChI is InChI=1S/C27H38N2O7S2.C2HF3O2/c1-4-6-14-27(5-2)19-37(31,32)24-17-21(12-13-25(30)28-15-16-38(33,34)35)23(36-3)18-22(24)26(29-27)20-10-8-7-9-11-20;3-2(4,5)1(6)7/h7-11,17-18,26,29H,4-6,12-16,19H2,1-3H3,(H,28,30)(H,33,34,35);(H,6,7)/t26-,27-;/m1./s1. The van der Waals surface area contributed by atoms with Crippen molar-refractivity contribution in [2.45, 2.75) is 75.0 Å². The number of amides is 1. The highest BCUT2D eigenvalue weighted by atomic mass is 32.2. The Labute approximate surface area is 261 Å². The molecule has 2 atom stereocenters. The summed E-state index contributed by atoms with van der Waals surface area (Å²) in [5, 5.41) is 13.3. The van der Waals surface area contributed by atoms with Crippen LogP contribution < -0.4 is 15.4 Å². The van der Waals surface area contributed by atoms with Crippen LogP contribution in [0, 0.1) is 0 Å². The van der Waals surface area contributed by atoms with E-state index in [-0.39, 0.29) is 36.1 Å². The molecule has 0 bridgehead atoms. The fourth-order valence-corrected chi connectivity index (χ4v) is 7.50. The van der Waals surface area contributed by atoms with Gasteiger partial charge >= 0.3 is 12.1 Å². The molecule has 11 nitrogen and oxygen atoms in total. The highest BCUT2D eigenvalue weighted by Crippen LogP contribution is 2.41. The van der Waals surface area contributed by atoms with E-state index in [0.29, 0.717) is 23.3 Å². The number of fused-ring (bicyclic) bond motifs is 1. The van der Waals surface area contributed by atoms with Crippen LogP contribution in [0.5, 0.6) is 5.75 Å². The Morgan fingerprint density at radius 1 is 1.16 bits per heavy atom. The second-order valence-electron chi connectivity index (χ2n) is 10.6. The van der Waals surface area contributed by atoms with Crippen molar-refractivity contribution in [3.8, 4) is 5.75 Å². The van der Waals surface area contributed by atoms with Gasteiger partial charge in [-0.1, -0.05) is 57.0 Å². The lowest BCUT2D eigenvalue weighted by molar-refractivity contribution is -0.192. The molecular formula is C29H39F3N2O9S2. The Bertz CT molecular complexity index is 1530. The van der Waals surface area contributed by atoms with Crippen LogP contribution in [-0.4, -0.2) is 75.2 Å². The van der Waals surface area contributed by atoms with Crippen LogP contribution >= 0.6 is 0 Å². The number of sulfone groups is 1. The van der Waals surface area contributed by atoms with Crippen molar-refractivity contribution in [1.82, 2.24) is 10.6 Å². The van der Waals surface area contributed by atoms with Crippen molar-refractivity contribution in [3.63, 3.8) is 0 Å². The predicted molar refractivity (Wildman–Crippen MR) is 160 cm³/mol. The number of hydrogen-bond acceptors (Lipinski definition) is 8. The largest absolute Gasteiger partial charge is 0.496 e. The summed E-state index contributed by atoms with van der Waals surface area (Å²) in [6.07, 6.45) is -1.66. The van der Waals surface area contributed by atoms with Gasteiger partial charge in [-0.3, -0.25) is 14.7 Å². The number of unbranched alkanes of at least 4 members (excludes halogenated alkanes) is 1. The second kappa shape index (κ2) is 15.9. The quantitative estimate of drug-likeness (QED) is 0.239. The molecular weight excluding hydrogens is 641 g/mol.